The Balaban J connectivity index is 2.64. The van der Waals surface area contributed by atoms with Crippen molar-refractivity contribution in [1.82, 2.24) is 21.3 Å². The average Bonchev–Trinajstić information content (AvgIpc) is 3.00. The Hall–Kier alpha value is -4.08. The van der Waals surface area contributed by atoms with Crippen LogP contribution in [0.4, 0.5) is 0 Å². The maximum Gasteiger partial charge on any atom is 0.305 e. The fourth-order valence-corrected chi connectivity index (χ4v) is 4.36. The minimum atomic E-state index is -1.32. The summed E-state index contributed by atoms with van der Waals surface area (Å²) in [5.41, 5.74) is 18.4. The van der Waals surface area contributed by atoms with Crippen molar-refractivity contribution < 1.29 is 39.0 Å². The lowest BCUT2D eigenvalue weighted by Crippen LogP contribution is -2.56. The number of nitrogens with one attached hydrogen (secondary N) is 4. The molecular weight excluding hydrogens is 586 g/mol. The zero-order valence-electron chi connectivity index (χ0n) is 25.9. The summed E-state index contributed by atoms with van der Waals surface area (Å²) in [6.45, 7) is 2.08. The molecule has 1 aromatic carbocycles. The van der Waals surface area contributed by atoms with Crippen molar-refractivity contribution in [1.29, 1.82) is 0 Å². The van der Waals surface area contributed by atoms with Gasteiger partial charge in [0.15, 0.2) is 5.78 Å². The number of ketones is 1. The normalized spacial score (nSPS) is 13.5. The highest BCUT2D eigenvalue weighted by atomic mass is 16.4. The van der Waals surface area contributed by atoms with E-state index < -0.39 is 66.6 Å². The zero-order chi connectivity index (χ0) is 33.8. The molecule has 0 aliphatic rings. The zero-order valence-corrected chi connectivity index (χ0v) is 25.9. The molecule has 0 fully saturated rings. The van der Waals surface area contributed by atoms with E-state index in [2.05, 4.69) is 21.3 Å². The number of hydrogen-bond donors (Lipinski definition) is 9. The van der Waals surface area contributed by atoms with Crippen molar-refractivity contribution >= 4 is 35.4 Å². The Bertz CT molecular complexity index is 1120. The van der Waals surface area contributed by atoms with E-state index in [1.54, 1.807) is 12.1 Å². The van der Waals surface area contributed by atoms with Gasteiger partial charge in [0.1, 0.15) is 11.8 Å². The van der Waals surface area contributed by atoms with E-state index in [0.717, 1.165) is 12.0 Å². The summed E-state index contributed by atoms with van der Waals surface area (Å²) in [5.74, 6) is -3.70. The van der Waals surface area contributed by atoms with Gasteiger partial charge in [-0.3, -0.25) is 28.8 Å². The maximum atomic E-state index is 12.9. The second-order valence-corrected chi connectivity index (χ2v) is 10.8. The van der Waals surface area contributed by atoms with Gasteiger partial charge in [0.2, 0.25) is 23.6 Å². The number of Topliss-reactive ketones (excluding diaryl/α,β-unsaturated/α-hetero) is 1. The van der Waals surface area contributed by atoms with Crippen LogP contribution in [0.5, 0.6) is 5.75 Å². The number of carboxylic acid groups (broad SMARTS) is 1. The summed E-state index contributed by atoms with van der Waals surface area (Å²) >= 11 is 0. The Morgan fingerprint density at radius 1 is 0.844 bits per heavy atom. The molecule has 0 aromatic heterocycles. The molecule has 0 aliphatic carbocycles. The molecule has 1 rings (SSSR count). The summed E-state index contributed by atoms with van der Waals surface area (Å²) in [6.07, 6.45) is 3.01. The Labute approximate surface area is 263 Å². The topological polar surface area (TPSA) is 269 Å². The number of benzene rings is 1. The number of phenolic OH excluding ortho intramolecular Hbond substituents is 1. The molecule has 1 aromatic rings. The number of rotatable bonds is 23. The van der Waals surface area contributed by atoms with E-state index in [0.29, 0.717) is 45.1 Å². The van der Waals surface area contributed by atoms with Gasteiger partial charge in [0, 0.05) is 19.4 Å². The number of aliphatic carboxylic acids is 1. The van der Waals surface area contributed by atoms with Crippen molar-refractivity contribution in [2.75, 3.05) is 19.6 Å². The van der Waals surface area contributed by atoms with Crippen LogP contribution >= 0.6 is 0 Å². The molecule has 45 heavy (non-hydrogen) atoms. The molecule has 252 valence electrons. The number of aryl methyl sites for hydroxylation is 1. The van der Waals surface area contributed by atoms with Gasteiger partial charge < -0.3 is 48.7 Å². The lowest BCUT2D eigenvalue weighted by Gasteiger charge is -2.24. The molecule has 4 atom stereocenters. The van der Waals surface area contributed by atoms with Gasteiger partial charge in [0.05, 0.1) is 31.1 Å². The second-order valence-electron chi connectivity index (χ2n) is 10.8. The highest BCUT2D eigenvalue weighted by molar-refractivity contribution is 5.92. The van der Waals surface area contributed by atoms with Crippen LogP contribution in [0.2, 0.25) is 0 Å². The predicted octanol–water partition coefficient (Wildman–Crippen LogP) is -1.07. The molecular formula is C30H49N7O8. The molecule has 15 nitrogen and oxygen atoms in total. The minimum absolute atomic E-state index is 0.0190. The van der Waals surface area contributed by atoms with Crippen molar-refractivity contribution in [2.45, 2.75) is 95.3 Å². The van der Waals surface area contributed by atoms with Gasteiger partial charge in [0.25, 0.3) is 0 Å². The van der Waals surface area contributed by atoms with Gasteiger partial charge in [-0.1, -0.05) is 19.1 Å². The molecule has 4 amide bonds. The molecule has 12 N–H and O–H groups in total. The number of amides is 4. The largest absolute Gasteiger partial charge is 0.508 e. The fraction of sp³-hybridized carbons (Fsp3) is 0.600. The Morgan fingerprint density at radius 2 is 1.53 bits per heavy atom. The van der Waals surface area contributed by atoms with Crippen molar-refractivity contribution in [3.63, 3.8) is 0 Å². The molecule has 0 radical (unpaired) electrons. The van der Waals surface area contributed by atoms with Crippen LogP contribution in [0.15, 0.2) is 24.3 Å². The number of carboxylic acids is 1. The van der Waals surface area contributed by atoms with Gasteiger partial charge >= 0.3 is 5.97 Å². The third-order valence-electron chi connectivity index (χ3n) is 6.97. The first kappa shape index (κ1) is 38.9. The van der Waals surface area contributed by atoms with Gasteiger partial charge in [-0.15, -0.1) is 0 Å². The third kappa shape index (κ3) is 16.5. The van der Waals surface area contributed by atoms with Crippen LogP contribution in [0.1, 0.15) is 70.3 Å². The Kier molecular flexibility index (Phi) is 18.7. The Morgan fingerprint density at radius 3 is 2.16 bits per heavy atom. The summed E-state index contributed by atoms with van der Waals surface area (Å²) in [7, 11) is 0. The number of hydrogen-bond acceptors (Lipinski definition) is 10. The highest BCUT2D eigenvalue weighted by Gasteiger charge is 2.29. The summed E-state index contributed by atoms with van der Waals surface area (Å²) < 4.78 is 0. The molecule has 0 aliphatic heterocycles. The second kappa shape index (κ2) is 21.6. The minimum Gasteiger partial charge on any atom is -0.508 e. The molecule has 0 heterocycles. The van der Waals surface area contributed by atoms with Gasteiger partial charge in [-0.05, 0) is 69.2 Å². The standard InChI is InChI=1S/C30H49N7O8/c1-2-6-25(40)34-16-4-3-7-21(32)29(44)37-22(8-5-15-31)30(45)35-18-26(41)36-23(17-27(42)43)28(33)24(39)14-11-19-9-12-20(38)13-10-19/h9-10,12-13,21-23,28,38H,2-8,11,14-18,31-33H2,1H3,(H,34,40)(H,35,45)(H,36,41)(H,37,44)(H,42,43)/t21-,22-,23-,28?/m0/s1. The van der Waals surface area contributed by atoms with Crippen LogP contribution in [-0.2, 0) is 35.2 Å². The first-order valence-corrected chi connectivity index (χ1v) is 15.3. The third-order valence-corrected chi connectivity index (χ3v) is 6.97. The SMILES string of the molecule is CCCC(=O)NCCCC[C@H](N)C(=O)N[C@@H](CCCN)C(=O)NCC(=O)N[C@@H](CC(=O)O)C(N)C(=O)CCc1ccc(O)cc1. The molecule has 1 unspecified atom stereocenters. The smallest absolute Gasteiger partial charge is 0.305 e. The molecule has 0 spiro atoms. The van der Waals surface area contributed by atoms with E-state index in [-0.39, 0.29) is 31.0 Å². The van der Waals surface area contributed by atoms with E-state index in [4.69, 9.17) is 17.2 Å². The maximum absolute atomic E-state index is 12.9. The van der Waals surface area contributed by atoms with Crippen molar-refractivity contribution in [2.24, 2.45) is 17.2 Å². The van der Waals surface area contributed by atoms with E-state index in [9.17, 15) is 39.0 Å². The molecule has 15 heteroatoms. The van der Waals surface area contributed by atoms with E-state index in [1.165, 1.54) is 12.1 Å². The van der Waals surface area contributed by atoms with Crippen LogP contribution in [0.25, 0.3) is 0 Å². The van der Waals surface area contributed by atoms with Crippen LogP contribution in [0, 0.1) is 0 Å². The van der Waals surface area contributed by atoms with Crippen molar-refractivity contribution in [3.05, 3.63) is 29.8 Å². The summed E-state index contributed by atoms with van der Waals surface area (Å²) in [6, 6.07) is 1.77. The number of carbonyl (C=O) groups is 6. The first-order chi connectivity index (χ1) is 21.4. The van der Waals surface area contributed by atoms with Crippen molar-refractivity contribution in [3.8, 4) is 5.75 Å². The summed E-state index contributed by atoms with van der Waals surface area (Å²) in [5, 5.41) is 28.9. The number of phenols is 1. The molecule has 0 saturated carbocycles. The number of nitrogens with two attached hydrogens (primary N) is 3. The number of carbonyl (C=O) groups excluding carboxylic acids is 5. The summed E-state index contributed by atoms with van der Waals surface area (Å²) in [4.78, 5) is 73.8. The number of unbranched alkanes of at least 4 members (excludes halogenated alkanes) is 1. The van der Waals surface area contributed by atoms with E-state index in [1.807, 2.05) is 6.92 Å². The predicted molar refractivity (Wildman–Crippen MR) is 167 cm³/mol. The number of aromatic hydroxyl groups is 1. The quantitative estimate of drug-likeness (QED) is 0.0654. The highest BCUT2D eigenvalue weighted by Crippen LogP contribution is 2.12. The van der Waals surface area contributed by atoms with Crippen LogP contribution in [0.3, 0.4) is 0 Å². The van der Waals surface area contributed by atoms with Crippen LogP contribution < -0.4 is 38.5 Å². The lowest BCUT2D eigenvalue weighted by atomic mass is 9.96. The van der Waals surface area contributed by atoms with Crippen LogP contribution in [-0.4, -0.2) is 89.4 Å². The van der Waals surface area contributed by atoms with Gasteiger partial charge in [-0.25, -0.2) is 0 Å². The van der Waals surface area contributed by atoms with Gasteiger partial charge in [-0.2, -0.15) is 0 Å². The van der Waals surface area contributed by atoms with E-state index >= 15 is 0 Å². The average molecular weight is 636 g/mol. The monoisotopic (exact) mass is 635 g/mol. The lowest BCUT2D eigenvalue weighted by molar-refractivity contribution is -0.138. The molecule has 0 bridgehead atoms. The first-order valence-electron chi connectivity index (χ1n) is 15.3. The molecule has 0 saturated heterocycles. The fourth-order valence-electron chi connectivity index (χ4n) is 4.36.